The number of rotatable bonds is 4. The molecular formula is C8H8N6O2S. The molecule has 0 aliphatic rings. The van der Waals surface area contributed by atoms with Gasteiger partial charge in [-0.2, -0.15) is 10.2 Å². The van der Waals surface area contributed by atoms with Gasteiger partial charge in [0.15, 0.2) is 0 Å². The number of H-pyrrole nitrogens is 1. The van der Waals surface area contributed by atoms with Crippen LogP contribution in [0.1, 0.15) is 9.67 Å². The number of hydrogen-bond acceptors (Lipinski definition) is 7. The van der Waals surface area contributed by atoms with E-state index in [-0.39, 0.29) is 5.95 Å². The average molecular weight is 252 g/mol. The van der Waals surface area contributed by atoms with E-state index >= 15 is 0 Å². The second kappa shape index (κ2) is 5.16. The fraction of sp³-hybridized carbons (Fsp3) is 0.125. The molecule has 2 N–H and O–H groups in total. The zero-order valence-electron chi connectivity index (χ0n) is 8.75. The number of esters is 1. The fourth-order valence-electron chi connectivity index (χ4n) is 1.04. The number of carbonyl (C=O) groups is 1. The summed E-state index contributed by atoms with van der Waals surface area (Å²) in [4.78, 5) is 15.7. The third-order valence-corrected chi connectivity index (χ3v) is 2.66. The van der Waals surface area contributed by atoms with E-state index in [4.69, 9.17) is 0 Å². The number of tetrazole rings is 1. The zero-order valence-corrected chi connectivity index (χ0v) is 9.56. The molecule has 0 saturated heterocycles. The Morgan fingerprint density at radius 2 is 2.59 bits per heavy atom. The van der Waals surface area contributed by atoms with Gasteiger partial charge >= 0.3 is 5.97 Å². The highest BCUT2D eigenvalue weighted by atomic mass is 32.1. The molecule has 0 fully saturated rings. The van der Waals surface area contributed by atoms with E-state index in [1.807, 2.05) is 0 Å². The van der Waals surface area contributed by atoms with Crippen molar-refractivity contribution in [3.8, 4) is 0 Å². The molecule has 9 heteroatoms. The van der Waals surface area contributed by atoms with Crippen LogP contribution in [0.15, 0.2) is 16.4 Å². The monoisotopic (exact) mass is 252 g/mol. The lowest BCUT2D eigenvalue weighted by molar-refractivity contribution is 0.0607. The van der Waals surface area contributed by atoms with Crippen LogP contribution in [0.25, 0.3) is 0 Å². The Morgan fingerprint density at radius 3 is 3.29 bits per heavy atom. The van der Waals surface area contributed by atoms with Gasteiger partial charge in [-0.3, -0.25) is 0 Å². The topological polar surface area (TPSA) is 105 Å². The van der Waals surface area contributed by atoms with Crippen LogP contribution in [0.5, 0.6) is 0 Å². The maximum atomic E-state index is 11.4. The Labute approximate surface area is 99.7 Å². The molecule has 0 unspecified atom stereocenters. The SMILES string of the molecule is COC(=O)c1sccc1N/C=N/c1nn[nH]n1. The summed E-state index contributed by atoms with van der Waals surface area (Å²) in [7, 11) is 1.33. The second-order valence-electron chi connectivity index (χ2n) is 2.77. The molecule has 0 aliphatic heterocycles. The van der Waals surface area contributed by atoms with Gasteiger partial charge in [0, 0.05) is 0 Å². The van der Waals surface area contributed by atoms with Gasteiger partial charge in [-0.25, -0.2) is 4.79 Å². The lowest BCUT2D eigenvalue weighted by atomic mass is 10.4. The summed E-state index contributed by atoms with van der Waals surface area (Å²) < 4.78 is 4.63. The second-order valence-corrected chi connectivity index (χ2v) is 3.69. The fourth-order valence-corrected chi connectivity index (χ4v) is 1.82. The van der Waals surface area contributed by atoms with E-state index in [2.05, 4.69) is 35.7 Å². The number of nitrogens with zero attached hydrogens (tertiary/aromatic N) is 4. The van der Waals surface area contributed by atoms with Crippen molar-refractivity contribution >= 4 is 35.3 Å². The molecule has 0 aliphatic carbocycles. The minimum atomic E-state index is -0.393. The predicted molar refractivity (Wildman–Crippen MR) is 61.6 cm³/mol. The van der Waals surface area contributed by atoms with Gasteiger partial charge in [0.25, 0.3) is 5.95 Å². The van der Waals surface area contributed by atoms with Crippen LogP contribution in [0.2, 0.25) is 0 Å². The first kappa shape index (κ1) is 11.2. The molecular weight excluding hydrogens is 244 g/mol. The van der Waals surface area contributed by atoms with Crippen LogP contribution < -0.4 is 5.32 Å². The van der Waals surface area contributed by atoms with E-state index in [0.717, 1.165) is 0 Å². The number of hydrogen-bond donors (Lipinski definition) is 2. The quantitative estimate of drug-likeness (QED) is 0.474. The molecule has 0 bridgehead atoms. The molecule has 8 nitrogen and oxygen atoms in total. The minimum Gasteiger partial charge on any atom is -0.465 e. The number of anilines is 1. The number of aliphatic imine (C=N–C) groups is 1. The predicted octanol–water partition coefficient (Wildman–Crippen LogP) is 0.820. The number of methoxy groups -OCH3 is 1. The van der Waals surface area contributed by atoms with Crippen molar-refractivity contribution in [2.24, 2.45) is 4.99 Å². The van der Waals surface area contributed by atoms with Gasteiger partial charge in [-0.15, -0.1) is 16.4 Å². The Morgan fingerprint density at radius 1 is 1.71 bits per heavy atom. The molecule has 0 spiro atoms. The van der Waals surface area contributed by atoms with Crippen LogP contribution in [-0.4, -0.2) is 40.0 Å². The van der Waals surface area contributed by atoms with E-state index in [1.54, 1.807) is 11.4 Å². The van der Waals surface area contributed by atoms with Crippen LogP contribution in [0.3, 0.4) is 0 Å². The molecule has 17 heavy (non-hydrogen) atoms. The van der Waals surface area contributed by atoms with Crippen molar-refractivity contribution in [2.45, 2.75) is 0 Å². The molecule has 0 saturated carbocycles. The zero-order chi connectivity index (χ0) is 12.1. The summed E-state index contributed by atoms with van der Waals surface area (Å²) in [5, 5.41) is 17.5. The normalized spacial score (nSPS) is 10.6. The Hall–Kier alpha value is -2.29. The molecule has 0 radical (unpaired) electrons. The smallest absolute Gasteiger partial charge is 0.350 e. The van der Waals surface area contributed by atoms with E-state index in [1.165, 1.54) is 24.8 Å². The van der Waals surface area contributed by atoms with Crippen LogP contribution in [-0.2, 0) is 4.74 Å². The lowest BCUT2D eigenvalue weighted by Crippen LogP contribution is -2.03. The molecule has 0 atom stereocenters. The van der Waals surface area contributed by atoms with Crippen molar-refractivity contribution in [2.75, 3.05) is 12.4 Å². The number of ether oxygens (including phenoxy) is 1. The summed E-state index contributed by atoms with van der Waals surface area (Å²) in [5.74, 6) is -0.192. The number of aromatic nitrogens is 4. The first-order valence-electron chi connectivity index (χ1n) is 4.49. The third kappa shape index (κ3) is 2.64. The summed E-state index contributed by atoms with van der Waals surface area (Å²) >= 11 is 1.28. The van der Waals surface area contributed by atoms with Gasteiger partial charge in [0.1, 0.15) is 4.88 Å². The molecule has 2 heterocycles. The highest BCUT2D eigenvalue weighted by Gasteiger charge is 2.12. The Balaban J connectivity index is 2.04. The Kier molecular flexibility index (Phi) is 3.40. The standard InChI is InChI=1S/C8H8N6O2S/c1-16-7(15)6-5(2-3-17-6)9-4-10-8-11-13-14-12-8/h2-4H,1H3,(H2,9,10,11,12,13,14). The summed E-state index contributed by atoms with van der Waals surface area (Å²) in [6.07, 6.45) is 1.37. The van der Waals surface area contributed by atoms with Gasteiger partial charge in [-0.1, -0.05) is 5.10 Å². The number of aromatic amines is 1. The Bertz CT molecular complexity index is 520. The van der Waals surface area contributed by atoms with Crippen molar-refractivity contribution in [1.82, 2.24) is 20.6 Å². The van der Waals surface area contributed by atoms with Gasteiger partial charge in [-0.05, 0) is 16.7 Å². The first-order chi connectivity index (χ1) is 8.31. The van der Waals surface area contributed by atoms with Crippen molar-refractivity contribution in [3.05, 3.63) is 16.3 Å². The summed E-state index contributed by atoms with van der Waals surface area (Å²) in [5.41, 5.74) is 0.620. The lowest BCUT2D eigenvalue weighted by Gasteiger charge is -2.00. The largest absolute Gasteiger partial charge is 0.465 e. The van der Waals surface area contributed by atoms with E-state index in [9.17, 15) is 4.79 Å². The maximum absolute atomic E-state index is 11.4. The maximum Gasteiger partial charge on any atom is 0.350 e. The van der Waals surface area contributed by atoms with Crippen molar-refractivity contribution < 1.29 is 9.53 Å². The van der Waals surface area contributed by atoms with Crippen molar-refractivity contribution in [1.29, 1.82) is 0 Å². The molecule has 2 rings (SSSR count). The molecule has 2 aromatic rings. The number of thiophene rings is 1. The average Bonchev–Trinajstić information content (AvgIpc) is 2.99. The molecule has 0 amide bonds. The van der Waals surface area contributed by atoms with Gasteiger partial charge < -0.3 is 10.1 Å². The van der Waals surface area contributed by atoms with Crippen LogP contribution in [0, 0.1) is 0 Å². The number of carbonyl (C=O) groups excluding carboxylic acids is 1. The highest BCUT2D eigenvalue weighted by molar-refractivity contribution is 7.12. The van der Waals surface area contributed by atoms with Crippen molar-refractivity contribution in [3.63, 3.8) is 0 Å². The van der Waals surface area contributed by atoms with E-state index < -0.39 is 5.97 Å². The van der Waals surface area contributed by atoms with Gasteiger partial charge in [0.05, 0.1) is 19.1 Å². The molecule has 2 aromatic heterocycles. The minimum absolute atomic E-state index is 0.201. The molecule has 88 valence electrons. The number of nitrogens with one attached hydrogen (secondary N) is 2. The van der Waals surface area contributed by atoms with Crippen LogP contribution >= 0.6 is 11.3 Å². The first-order valence-corrected chi connectivity index (χ1v) is 5.37. The highest BCUT2D eigenvalue weighted by Crippen LogP contribution is 2.22. The summed E-state index contributed by atoms with van der Waals surface area (Å²) in [6, 6.07) is 1.75. The third-order valence-electron chi connectivity index (χ3n) is 1.77. The summed E-state index contributed by atoms with van der Waals surface area (Å²) in [6.45, 7) is 0. The van der Waals surface area contributed by atoms with Crippen LogP contribution in [0.4, 0.5) is 11.6 Å². The van der Waals surface area contributed by atoms with Gasteiger partial charge in [0.2, 0.25) is 0 Å². The van der Waals surface area contributed by atoms with E-state index in [0.29, 0.717) is 10.6 Å². The molecule has 0 aromatic carbocycles.